The molecule has 4 rings (SSSR count). The highest BCUT2D eigenvalue weighted by molar-refractivity contribution is 5.83. The van der Waals surface area contributed by atoms with Gasteiger partial charge >= 0.3 is 5.97 Å². The summed E-state index contributed by atoms with van der Waals surface area (Å²) in [5.41, 5.74) is 1.36. The molecule has 3 atom stereocenters. The zero-order valence-corrected chi connectivity index (χ0v) is 21.0. The Kier molecular flexibility index (Phi) is 9.03. The molecule has 1 fully saturated rings. The number of halogens is 3. The number of pyridine rings is 1. The van der Waals surface area contributed by atoms with Crippen LogP contribution >= 0.6 is 0 Å². The number of hydrogen-bond acceptors (Lipinski definition) is 4. The van der Waals surface area contributed by atoms with E-state index < -0.39 is 23.8 Å². The normalized spacial score (nSPS) is 19.1. The predicted molar refractivity (Wildman–Crippen MR) is 136 cm³/mol. The van der Waals surface area contributed by atoms with Gasteiger partial charge in [-0.3, -0.25) is 9.78 Å². The van der Waals surface area contributed by atoms with Crippen molar-refractivity contribution in [2.75, 3.05) is 26.7 Å². The highest BCUT2D eigenvalue weighted by Crippen LogP contribution is 2.36. The molecule has 5 nitrogen and oxygen atoms in total. The van der Waals surface area contributed by atoms with E-state index in [2.05, 4.69) is 9.88 Å². The molecule has 1 unspecified atom stereocenters. The number of aromatic nitrogens is 1. The summed E-state index contributed by atoms with van der Waals surface area (Å²) in [4.78, 5) is 18.1. The number of rotatable bonds is 11. The SMILES string of the molecule is COc1ccc2nccc(C(F)CC[C@@H]3CCN(CCCc4c(F)cccc4F)C[C@@H]3CC(=O)O)c2c1. The Morgan fingerprint density at radius 2 is 1.97 bits per heavy atom. The Morgan fingerprint density at radius 3 is 2.70 bits per heavy atom. The van der Waals surface area contributed by atoms with Gasteiger partial charge in [0.2, 0.25) is 0 Å². The summed E-state index contributed by atoms with van der Waals surface area (Å²) in [7, 11) is 1.57. The molecule has 1 aromatic heterocycles. The van der Waals surface area contributed by atoms with Gasteiger partial charge in [0, 0.05) is 30.1 Å². The van der Waals surface area contributed by atoms with Crippen LogP contribution < -0.4 is 4.74 Å². The molecule has 0 amide bonds. The lowest BCUT2D eigenvalue weighted by Crippen LogP contribution is -2.42. The lowest BCUT2D eigenvalue weighted by molar-refractivity contribution is -0.139. The Morgan fingerprint density at radius 1 is 1.19 bits per heavy atom. The van der Waals surface area contributed by atoms with Gasteiger partial charge in [-0.05, 0) is 99.0 Å². The molecule has 0 aliphatic carbocycles. The molecule has 37 heavy (non-hydrogen) atoms. The van der Waals surface area contributed by atoms with Gasteiger partial charge in [0.15, 0.2) is 0 Å². The van der Waals surface area contributed by atoms with Crippen LogP contribution in [0.5, 0.6) is 5.75 Å². The lowest BCUT2D eigenvalue weighted by Gasteiger charge is -2.38. The number of carbonyl (C=O) groups is 1. The average molecular weight is 515 g/mol. The molecule has 3 aromatic rings. The topological polar surface area (TPSA) is 62.7 Å². The molecule has 1 N–H and O–H groups in total. The summed E-state index contributed by atoms with van der Waals surface area (Å²) in [6.45, 7) is 1.98. The molecule has 0 bridgehead atoms. The summed E-state index contributed by atoms with van der Waals surface area (Å²) in [5, 5.41) is 10.2. The van der Waals surface area contributed by atoms with Crippen molar-refractivity contribution in [2.45, 2.75) is 44.7 Å². The van der Waals surface area contributed by atoms with Gasteiger partial charge < -0.3 is 14.7 Å². The molecule has 0 radical (unpaired) electrons. The Bertz CT molecular complexity index is 1200. The number of piperidine rings is 1. The van der Waals surface area contributed by atoms with Crippen molar-refractivity contribution >= 4 is 16.9 Å². The average Bonchev–Trinajstić information content (AvgIpc) is 2.88. The second-order valence-electron chi connectivity index (χ2n) is 9.84. The van der Waals surface area contributed by atoms with Crippen molar-refractivity contribution < 1.29 is 27.8 Å². The standard InChI is InChI=1S/C29H33F3N2O3/c1-37-21-8-10-28-24(17-21)22(11-13-33-28)27(32)9-7-19-12-15-34(18-20(19)16-29(35)36)14-3-4-23-25(30)5-2-6-26(23)31/h2,5-6,8,10-11,13,17,19-20,27H,3-4,7,9,12,14-16,18H2,1H3,(H,35,36)/t19-,20+,27?/m1/s1. The minimum absolute atomic E-state index is 0.0233. The van der Waals surface area contributed by atoms with E-state index >= 15 is 4.39 Å². The molecule has 0 saturated carbocycles. The summed E-state index contributed by atoms with van der Waals surface area (Å²) in [6, 6.07) is 11.0. The van der Waals surface area contributed by atoms with E-state index in [0.29, 0.717) is 49.2 Å². The van der Waals surface area contributed by atoms with E-state index in [9.17, 15) is 18.7 Å². The van der Waals surface area contributed by atoms with E-state index in [0.717, 1.165) is 18.4 Å². The van der Waals surface area contributed by atoms with Gasteiger partial charge in [-0.25, -0.2) is 13.2 Å². The fourth-order valence-corrected chi connectivity index (χ4v) is 5.51. The summed E-state index contributed by atoms with van der Waals surface area (Å²) in [6.07, 6.45) is 2.94. The maximum Gasteiger partial charge on any atom is 0.303 e. The first-order valence-electron chi connectivity index (χ1n) is 12.8. The highest BCUT2D eigenvalue weighted by Gasteiger charge is 2.31. The van der Waals surface area contributed by atoms with Gasteiger partial charge in [0.25, 0.3) is 0 Å². The number of methoxy groups -OCH3 is 1. The molecular formula is C29H33F3N2O3. The second-order valence-corrected chi connectivity index (χ2v) is 9.84. The van der Waals surface area contributed by atoms with Crippen LogP contribution in [-0.2, 0) is 11.2 Å². The smallest absolute Gasteiger partial charge is 0.303 e. The number of carboxylic acids is 1. The number of ether oxygens (including phenoxy) is 1. The number of alkyl halides is 1. The third kappa shape index (κ3) is 6.80. The van der Waals surface area contributed by atoms with Crippen molar-refractivity contribution in [1.29, 1.82) is 0 Å². The van der Waals surface area contributed by atoms with E-state index in [4.69, 9.17) is 4.74 Å². The van der Waals surface area contributed by atoms with Crippen LogP contribution in [0.4, 0.5) is 13.2 Å². The zero-order valence-electron chi connectivity index (χ0n) is 21.0. The highest BCUT2D eigenvalue weighted by atomic mass is 19.1. The van der Waals surface area contributed by atoms with E-state index in [1.807, 2.05) is 6.07 Å². The number of fused-ring (bicyclic) bond motifs is 1. The van der Waals surface area contributed by atoms with Gasteiger partial charge in [0.1, 0.15) is 23.6 Å². The number of nitrogens with zero attached hydrogens (tertiary/aromatic N) is 2. The van der Waals surface area contributed by atoms with Crippen molar-refractivity contribution in [3.63, 3.8) is 0 Å². The molecule has 8 heteroatoms. The molecule has 1 aliphatic heterocycles. The van der Waals surface area contributed by atoms with Crippen LogP contribution in [0.1, 0.15) is 49.4 Å². The number of likely N-dealkylation sites (tertiary alicyclic amines) is 1. The molecule has 1 saturated heterocycles. The molecule has 198 valence electrons. The number of aliphatic carboxylic acids is 1. The monoisotopic (exact) mass is 514 g/mol. The van der Waals surface area contributed by atoms with E-state index in [1.165, 1.54) is 18.2 Å². The number of benzene rings is 2. The van der Waals surface area contributed by atoms with Crippen molar-refractivity contribution in [3.05, 3.63) is 71.4 Å². The van der Waals surface area contributed by atoms with Crippen LogP contribution in [0.25, 0.3) is 10.9 Å². The van der Waals surface area contributed by atoms with Crippen LogP contribution in [0, 0.1) is 23.5 Å². The fourth-order valence-electron chi connectivity index (χ4n) is 5.51. The molecule has 2 heterocycles. The predicted octanol–water partition coefficient (Wildman–Crippen LogP) is 6.36. The summed E-state index contributed by atoms with van der Waals surface area (Å²) in [5.74, 6) is -1.31. The maximum absolute atomic E-state index is 15.5. The largest absolute Gasteiger partial charge is 0.497 e. The summed E-state index contributed by atoms with van der Waals surface area (Å²) < 4.78 is 48.6. The van der Waals surface area contributed by atoms with Gasteiger partial charge in [0.05, 0.1) is 12.6 Å². The second kappa shape index (κ2) is 12.4. The Balaban J connectivity index is 1.35. The number of hydrogen-bond donors (Lipinski definition) is 1. The Hall–Kier alpha value is -3.13. The van der Waals surface area contributed by atoms with E-state index in [-0.39, 0.29) is 30.2 Å². The first-order valence-corrected chi connectivity index (χ1v) is 12.8. The third-order valence-electron chi connectivity index (χ3n) is 7.49. The van der Waals surface area contributed by atoms with Gasteiger partial charge in [-0.1, -0.05) is 6.07 Å². The van der Waals surface area contributed by atoms with Crippen LogP contribution in [0.2, 0.25) is 0 Å². The van der Waals surface area contributed by atoms with Crippen molar-refractivity contribution in [1.82, 2.24) is 9.88 Å². The minimum atomic E-state index is -1.20. The zero-order chi connectivity index (χ0) is 26.4. The number of carboxylic acid groups (broad SMARTS) is 1. The Labute approximate surface area is 215 Å². The lowest BCUT2D eigenvalue weighted by atomic mass is 9.79. The van der Waals surface area contributed by atoms with E-state index in [1.54, 1.807) is 31.5 Å². The molecule has 0 spiro atoms. The summed E-state index contributed by atoms with van der Waals surface area (Å²) >= 11 is 0. The maximum atomic E-state index is 15.5. The quantitative estimate of drug-likeness (QED) is 0.323. The van der Waals surface area contributed by atoms with Gasteiger partial charge in [-0.2, -0.15) is 0 Å². The van der Waals surface area contributed by atoms with Crippen LogP contribution in [0.3, 0.4) is 0 Å². The third-order valence-corrected chi connectivity index (χ3v) is 7.49. The molecular weight excluding hydrogens is 481 g/mol. The molecule has 1 aliphatic rings. The van der Waals surface area contributed by atoms with Gasteiger partial charge in [-0.15, -0.1) is 0 Å². The minimum Gasteiger partial charge on any atom is -0.497 e. The van der Waals surface area contributed by atoms with Crippen molar-refractivity contribution in [3.8, 4) is 5.75 Å². The van der Waals surface area contributed by atoms with Crippen LogP contribution in [0.15, 0.2) is 48.7 Å². The first-order chi connectivity index (χ1) is 17.9. The fraction of sp³-hybridized carbons (Fsp3) is 0.448. The van der Waals surface area contributed by atoms with Crippen molar-refractivity contribution in [2.24, 2.45) is 11.8 Å². The molecule has 2 aromatic carbocycles. The first kappa shape index (κ1) is 26.9. The van der Waals surface area contributed by atoms with Crippen LogP contribution in [-0.4, -0.2) is 47.7 Å².